The first-order valence-corrected chi connectivity index (χ1v) is 11.4. The first kappa shape index (κ1) is 22.4. The molecule has 0 aliphatic carbocycles. The van der Waals surface area contributed by atoms with Crippen molar-refractivity contribution >= 4 is 27.9 Å². The van der Waals surface area contributed by atoms with Crippen molar-refractivity contribution in [3.8, 4) is 0 Å². The number of likely N-dealkylation sites (N-methyl/N-ethyl adjacent to an activating group) is 1. The van der Waals surface area contributed by atoms with Crippen molar-refractivity contribution in [1.82, 2.24) is 14.1 Å². The van der Waals surface area contributed by atoms with E-state index in [4.69, 9.17) is 4.74 Å². The number of likely N-dealkylation sites (tertiary alicyclic amines) is 1. The van der Waals surface area contributed by atoms with Crippen LogP contribution < -0.4 is 0 Å². The van der Waals surface area contributed by atoms with Gasteiger partial charge in [-0.15, -0.1) is 0 Å². The standard InChI is InChI=1S/C18H31N3O6S/c1-7-8-12-15-13(21(16(12)23)28(6,25)26)9-10-20(15)14(22)11-19(5)17(24)27-18(2,3)4/h12-13,15H,7-11H2,1-6H3/t12-,13+,15-/m1/s1. The molecule has 2 aliphatic heterocycles. The van der Waals surface area contributed by atoms with E-state index in [0.717, 1.165) is 10.6 Å². The highest BCUT2D eigenvalue weighted by atomic mass is 32.2. The largest absolute Gasteiger partial charge is 0.444 e. The third-order valence-electron chi connectivity index (χ3n) is 5.02. The molecule has 10 heteroatoms. The molecule has 2 rings (SSSR count). The van der Waals surface area contributed by atoms with Crippen molar-refractivity contribution in [3.63, 3.8) is 0 Å². The fraction of sp³-hybridized carbons (Fsp3) is 0.833. The molecule has 2 aliphatic rings. The SMILES string of the molecule is CCC[C@H]1C(=O)N(S(C)(=O)=O)[C@H]2CCN(C(=O)CN(C)C(=O)OC(C)(C)C)[C@H]12. The Balaban J connectivity index is 2.17. The Morgan fingerprint density at radius 1 is 1.29 bits per heavy atom. The van der Waals surface area contributed by atoms with Crippen LogP contribution in [0.15, 0.2) is 0 Å². The van der Waals surface area contributed by atoms with Gasteiger partial charge in [0.1, 0.15) is 12.1 Å². The fourth-order valence-electron chi connectivity index (χ4n) is 4.02. The third kappa shape index (κ3) is 4.59. The van der Waals surface area contributed by atoms with Gasteiger partial charge >= 0.3 is 6.09 Å². The lowest BCUT2D eigenvalue weighted by molar-refractivity contribution is -0.134. The minimum atomic E-state index is -3.70. The number of fused-ring (bicyclic) bond motifs is 1. The van der Waals surface area contributed by atoms with E-state index < -0.39 is 45.6 Å². The summed E-state index contributed by atoms with van der Waals surface area (Å²) in [7, 11) is -2.22. The second-order valence-corrected chi connectivity index (χ2v) is 10.4. The van der Waals surface area contributed by atoms with E-state index in [-0.39, 0.29) is 12.5 Å². The van der Waals surface area contributed by atoms with E-state index in [1.165, 1.54) is 11.9 Å². The molecule has 0 aromatic carbocycles. The Morgan fingerprint density at radius 3 is 2.39 bits per heavy atom. The summed E-state index contributed by atoms with van der Waals surface area (Å²) < 4.78 is 30.5. The highest BCUT2D eigenvalue weighted by Crippen LogP contribution is 2.40. The summed E-state index contributed by atoms with van der Waals surface area (Å²) in [5, 5.41) is 0. The number of carbonyl (C=O) groups excluding carboxylic acids is 3. The average molecular weight is 418 g/mol. The van der Waals surface area contributed by atoms with Crippen LogP contribution in [0.2, 0.25) is 0 Å². The molecule has 9 nitrogen and oxygen atoms in total. The minimum Gasteiger partial charge on any atom is -0.444 e. The summed E-state index contributed by atoms with van der Waals surface area (Å²) in [6.45, 7) is 7.31. The zero-order valence-corrected chi connectivity index (χ0v) is 18.3. The summed E-state index contributed by atoms with van der Waals surface area (Å²) in [6, 6.07) is -1.02. The van der Waals surface area contributed by atoms with Crippen molar-refractivity contribution < 1.29 is 27.5 Å². The van der Waals surface area contributed by atoms with Crippen LogP contribution in [0.3, 0.4) is 0 Å². The minimum absolute atomic E-state index is 0.190. The van der Waals surface area contributed by atoms with Gasteiger partial charge in [0, 0.05) is 13.6 Å². The first-order chi connectivity index (χ1) is 12.8. The van der Waals surface area contributed by atoms with Gasteiger partial charge < -0.3 is 14.5 Å². The normalized spacial score (nSPS) is 25.1. The topological polar surface area (TPSA) is 104 Å². The molecule has 2 heterocycles. The van der Waals surface area contributed by atoms with E-state index >= 15 is 0 Å². The van der Waals surface area contributed by atoms with Crippen molar-refractivity contribution in [1.29, 1.82) is 0 Å². The fourth-order valence-corrected chi connectivity index (χ4v) is 5.20. The Hall–Kier alpha value is -1.84. The maximum absolute atomic E-state index is 12.9. The lowest BCUT2D eigenvalue weighted by Crippen LogP contribution is -2.48. The van der Waals surface area contributed by atoms with Gasteiger partial charge in [0.05, 0.1) is 24.3 Å². The van der Waals surface area contributed by atoms with Gasteiger partial charge in [-0.1, -0.05) is 13.3 Å². The highest BCUT2D eigenvalue weighted by molar-refractivity contribution is 7.88. The summed E-state index contributed by atoms with van der Waals surface area (Å²) in [4.78, 5) is 40.5. The molecule has 0 spiro atoms. The maximum Gasteiger partial charge on any atom is 0.410 e. The molecule has 160 valence electrons. The number of sulfonamides is 1. The van der Waals surface area contributed by atoms with E-state index in [1.807, 2.05) is 6.92 Å². The Morgan fingerprint density at radius 2 is 1.89 bits per heavy atom. The van der Waals surface area contributed by atoms with Crippen molar-refractivity contribution in [2.45, 2.75) is 64.6 Å². The van der Waals surface area contributed by atoms with Crippen LogP contribution in [-0.4, -0.2) is 84.5 Å². The van der Waals surface area contributed by atoms with E-state index in [9.17, 15) is 22.8 Å². The van der Waals surface area contributed by atoms with Crippen LogP contribution in [0, 0.1) is 5.92 Å². The Bertz CT molecular complexity index is 745. The highest BCUT2D eigenvalue weighted by Gasteiger charge is 2.57. The maximum atomic E-state index is 12.9. The van der Waals surface area contributed by atoms with Gasteiger partial charge in [0.25, 0.3) is 0 Å². The first-order valence-electron chi connectivity index (χ1n) is 9.54. The second-order valence-electron chi connectivity index (χ2n) is 8.56. The number of ether oxygens (including phenoxy) is 1. The number of rotatable bonds is 5. The molecule has 3 atom stereocenters. The molecule has 0 aromatic rings. The number of hydrogen-bond donors (Lipinski definition) is 0. The zero-order chi connectivity index (χ0) is 21.4. The van der Waals surface area contributed by atoms with Crippen LogP contribution in [0.5, 0.6) is 0 Å². The monoisotopic (exact) mass is 417 g/mol. The molecule has 0 saturated carbocycles. The molecular formula is C18H31N3O6S. The Kier molecular flexibility index (Phi) is 6.32. The van der Waals surface area contributed by atoms with Crippen molar-refractivity contribution in [3.05, 3.63) is 0 Å². The molecule has 0 aromatic heterocycles. The van der Waals surface area contributed by atoms with Gasteiger partial charge in [0.15, 0.2) is 0 Å². The zero-order valence-electron chi connectivity index (χ0n) is 17.5. The molecule has 0 unspecified atom stereocenters. The number of amides is 3. The third-order valence-corrected chi connectivity index (χ3v) is 6.19. The molecule has 0 bridgehead atoms. The lowest BCUT2D eigenvalue weighted by atomic mass is 9.94. The summed E-state index contributed by atoms with van der Waals surface area (Å²) in [5.41, 5.74) is -0.673. The quantitative estimate of drug-likeness (QED) is 0.662. The lowest BCUT2D eigenvalue weighted by Gasteiger charge is -2.30. The Labute approximate surface area is 167 Å². The number of nitrogens with zero attached hydrogens (tertiary/aromatic N) is 3. The van der Waals surface area contributed by atoms with Gasteiger partial charge in [-0.05, 0) is 33.6 Å². The van der Waals surface area contributed by atoms with Crippen molar-refractivity contribution in [2.24, 2.45) is 5.92 Å². The van der Waals surface area contributed by atoms with Crippen LogP contribution in [0.4, 0.5) is 4.79 Å². The van der Waals surface area contributed by atoms with Crippen LogP contribution >= 0.6 is 0 Å². The molecule has 0 radical (unpaired) electrons. The van der Waals surface area contributed by atoms with E-state index in [1.54, 1.807) is 25.7 Å². The molecule has 28 heavy (non-hydrogen) atoms. The van der Waals surface area contributed by atoms with Gasteiger partial charge in [0.2, 0.25) is 21.8 Å². The van der Waals surface area contributed by atoms with Crippen LogP contribution in [0.1, 0.15) is 47.0 Å². The van der Waals surface area contributed by atoms with Crippen LogP contribution in [0.25, 0.3) is 0 Å². The van der Waals surface area contributed by atoms with E-state index in [2.05, 4.69) is 0 Å². The van der Waals surface area contributed by atoms with E-state index in [0.29, 0.717) is 25.8 Å². The van der Waals surface area contributed by atoms with Gasteiger partial charge in [-0.25, -0.2) is 17.5 Å². The average Bonchev–Trinajstić information content (AvgIpc) is 3.04. The molecule has 2 fully saturated rings. The second kappa shape index (κ2) is 7.88. The predicted octanol–water partition coefficient (Wildman–Crippen LogP) is 1.04. The van der Waals surface area contributed by atoms with Crippen LogP contribution in [-0.2, 0) is 24.3 Å². The molecule has 0 N–H and O–H groups in total. The van der Waals surface area contributed by atoms with Crippen molar-refractivity contribution in [2.75, 3.05) is 26.4 Å². The predicted molar refractivity (Wildman–Crippen MR) is 103 cm³/mol. The molecule has 3 amide bonds. The smallest absolute Gasteiger partial charge is 0.410 e. The summed E-state index contributed by atoms with van der Waals surface area (Å²) in [5.74, 6) is -1.29. The number of hydrogen-bond acceptors (Lipinski definition) is 6. The van der Waals surface area contributed by atoms with Gasteiger partial charge in [-0.3, -0.25) is 9.59 Å². The van der Waals surface area contributed by atoms with Gasteiger partial charge in [-0.2, -0.15) is 0 Å². The molecule has 2 saturated heterocycles. The number of carbonyl (C=O) groups is 3. The summed E-state index contributed by atoms with van der Waals surface area (Å²) in [6.07, 6.45) is 2.04. The molecular weight excluding hydrogens is 386 g/mol. The summed E-state index contributed by atoms with van der Waals surface area (Å²) >= 11 is 0.